The normalized spacial score (nSPS) is 9.33. The molecule has 0 saturated carbocycles. The first-order valence-corrected chi connectivity index (χ1v) is 6.10. The van der Waals surface area contributed by atoms with Crippen molar-refractivity contribution in [3.05, 3.63) is 46.3 Å². The van der Waals surface area contributed by atoms with E-state index in [2.05, 4.69) is 22.1 Å². The lowest BCUT2D eigenvalue weighted by Crippen LogP contribution is -2.08. The fourth-order valence-corrected chi connectivity index (χ4v) is 1.96. The lowest BCUT2D eigenvalue weighted by atomic mass is 10.2. The minimum absolute atomic E-state index is 0.299. The van der Waals surface area contributed by atoms with E-state index >= 15 is 0 Å². The Labute approximate surface area is 108 Å². The zero-order valence-electron chi connectivity index (χ0n) is 9.38. The summed E-state index contributed by atoms with van der Waals surface area (Å²) in [5.74, 6) is 6.23. The Morgan fingerprint density at radius 3 is 2.89 bits per heavy atom. The van der Waals surface area contributed by atoms with Crippen molar-refractivity contribution in [2.45, 2.75) is 6.42 Å². The Kier molecular flexibility index (Phi) is 3.94. The van der Waals surface area contributed by atoms with E-state index in [0.717, 1.165) is 5.56 Å². The molecule has 2 rings (SSSR count). The van der Waals surface area contributed by atoms with Crippen LogP contribution in [0.1, 0.15) is 10.4 Å². The fourth-order valence-electron chi connectivity index (χ4n) is 1.35. The largest absolute Gasteiger partial charge is 0.465 e. The van der Waals surface area contributed by atoms with Gasteiger partial charge in [0.25, 0.3) is 0 Å². The van der Waals surface area contributed by atoms with E-state index < -0.39 is 6.09 Å². The van der Waals surface area contributed by atoms with Crippen LogP contribution in [0.25, 0.3) is 0 Å². The number of hydrogen-bond acceptors (Lipinski definition) is 3. The van der Waals surface area contributed by atoms with Gasteiger partial charge in [-0.15, -0.1) is 11.3 Å². The molecule has 2 aromatic rings. The molecule has 18 heavy (non-hydrogen) atoms. The van der Waals surface area contributed by atoms with Gasteiger partial charge < -0.3 is 5.11 Å². The first kappa shape index (κ1) is 12.1. The van der Waals surface area contributed by atoms with Crippen molar-refractivity contribution in [3.8, 4) is 11.8 Å². The Morgan fingerprint density at radius 2 is 2.17 bits per heavy atom. The topological polar surface area (TPSA) is 62.2 Å². The summed E-state index contributed by atoms with van der Waals surface area (Å²) in [6, 6.07) is 9.87. The number of aromatic nitrogens is 1. The quantitative estimate of drug-likeness (QED) is 0.814. The van der Waals surface area contributed by atoms with Gasteiger partial charge >= 0.3 is 6.09 Å². The monoisotopic (exact) mass is 258 g/mol. The van der Waals surface area contributed by atoms with Crippen molar-refractivity contribution in [1.82, 2.24) is 4.98 Å². The van der Waals surface area contributed by atoms with E-state index in [9.17, 15) is 4.79 Å². The minimum atomic E-state index is -1.13. The standard InChI is InChI=1S/C13H10N2O2S/c16-13(17)15-12-11(18-9-14-12)8-4-7-10-5-2-1-3-6-10/h1-3,5-6,9,15H,7H2,(H,16,17). The van der Waals surface area contributed by atoms with Crippen LogP contribution in [-0.2, 0) is 6.42 Å². The maximum Gasteiger partial charge on any atom is 0.410 e. The molecule has 1 heterocycles. The highest BCUT2D eigenvalue weighted by atomic mass is 32.1. The van der Waals surface area contributed by atoms with Gasteiger partial charge in [-0.3, -0.25) is 5.32 Å². The molecule has 0 fully saturated rings. The Bertz CT molecular complexity index is 596. The van der Waals surface area contributed by atoms with Gasteiger partial charge in [0.05, 0.1) is 5.51 Å². The van der Waals surface area contributed by atoms with Gasteiger partial charge in [-0.2, -0.15) is 0 Å². The molecule has 0 aliphatic rings. The van der Waals surface area contributed by atoms with Crippen molar-refractivity contribution in [2.24, 2.45) is 0 Å². The fraction of sp³-hybridized carbons (Fsp3) is 0.0769. The lowest BCUT2D eigenvalue weighted by Gasteiger charge is -1.95. The number of carbonyl (C=O) groups is 1. The molecule has 0 atom stereocenters. The van der Waals surface area contributed by atoms with E-state index in [0.29, 0.717) is 17.1 Å². The highest BCUT2D eigenvalue weighted by molar-refractivity contribution is 7.10. The summed E-state index contributed by atoms with van der Waals surface area (Å²) >= 11 is 1.32. The van der Waals surface area contributed by atoms with Gasteiger partial charge in [0.15, 0.2) is 5.82 Å². The van der Waals surface area contributed by atoms with Crippen LogP contribution >= 0.6 is 11.3 Å². The maximum atomic E-state index is 10.5. The van der Waals surface area contributed by atoms with E-state index in [-0.39, 0.29) is 0 Å². The summed E-state index contributed by atoms with van der Waals surface area (Å²) in [6.07, 6.45) is -0.502. The van der Waals surface area contributed by atoms with Crippen LogP contribution in [0, 0.1) is 11.8 Å². The van der Waals surface area contributed by atoms with E-state index in [1.807, 2.05) is 30.3 Å². The SMILES string of the molecule is O=C(O)Nc1ncsc1C#CCc1ccccc1. The summed E-state index contributed by atoms with van der Waals surface area (Å²) in [4.78, 5) is 15.1. The third kappa shape index (κ3) is 3.34. The molecule has 90 valence electrons. The Balaban J connectivity index is 2.06. The van der Waals surface area contributed by atoms with Crippen LogP contribution in [0.15, 0.2) is 35.8 Å². The molecule has 1 aromatic carbocycles. The summed E-state index contributed by atoms with van der Waals surface area (Å²) in [5, 5.41) is 10.8. The van der Waals surface area contributed by atoms with Crippen molar-refractivity contribution in [1.29, 1.82) is 0 Å². The molecule has 0 bridgehead atoms. The number of amides is 1. The number of hydrogen-bond donors (Lipinski definition) is 2. The predicted octanol–water partition coefficient (Wildman–Crippen LogP) is 2.83. The van der Waals surface area contributed by atoms with Crippen molar-refractivity contribution in [2.75, 3.05) is 5.32 Å². The summed E-state index contributed by atoms with van der Waals surface area (Å²) in [7, 11) is 0. The number of thiazole rings is 1. The number of carboxylic acid groups (broad SMARTS) is 1. The highest BCUT2D eigenvalue weighted by Gasteiger charge is 2.05. The summed E-state index contributed by atoms with van der Waals surface area (Å²) in [6.45, 7) is 0. The van der Waals surface area contributed by atoms with Crippen LogP contribution in [0.2, 0.25) is 0 Å². The van der Waals surface area contributed by atoms with Crippen LogP contribution < -0.4 is 5.32 Å². The number of nitrogens with zero attached hydrogens (tertiary/aromatic N) is 1. The Morgan fingerprint density at radius 1 is 1.39 bits per heavy atom. The second-order valence-electron chi connectivity index (χ2n) is 3.42. The average Bonchev–Trinajstić information content (AvgIpc) is 2.77. The summed E-state index contributed by atoms with van der Waals surface area (Å²) in [5.41, 5.74) is 2.69. The highest BCUT2D eigenvalue weighted by Crippen LogP contribution is 2.16. The second kappa shape index (κ2) is 5.84. The van der Waals surface area contributed by atoms with E-state index in [1.165, 1.54) is 11.3 Å². The minimum Gasteiger partial charge on any atom is -0.465 e. The molecule has 2 N–H and O–H groups in total. The molecule has 0 saturated heterocycles. The van der Waals surface area contributed by atoms with E-state index in [4.69, 9.17) is 5.11 Å². The third-order valence-corrected chi connectivity index (χ3v) is 2.87. The van der Waals surface area contributed by atoms with Crippen molar-refractivity contribution >= 4 is 23.2 Å². The number of benzene rings is 1. The molecular weight excluding hydrogens is 248 g/mol. The number of nitrogens with one attached hydrogen (secondary N) is 1. The summed E-state index contributed by atoms with van der Waals surface area (Å²) < 4.78 is 0. The van der Waals surface area contributed by atoms with E-state index in [1.54, 1.807) is 5.51 Å². The van der Waals surface area contributed by atoms with Crippen molar-refractivity contribution < 1.29 is 9.90 Å². The number of anilines is 1. The van der Waals surface area contributed by atoms with Crippen LogP contribution in [0.3, 0.4) is 0 Å². The molecule has 0 spiro atoms. The van der Waals surface area contributed by atoms with Gasteiger partial charge in [-0.1, -0.05) is 42.2 Å². The third-order valence-electron chi connectivity index (χ3n) is 2.13. The maximum absolute atomic E-state index is 10.5. The molecule has 1 amide bonds. The molecular formula is C13H10N2O2S. The van der Waals surface area contributed by atoms with Gasteiger partial charge in [0, 0.05) is 6.42 Å². The smallest absolute Gasteiger partial charge is 0.410 e. The van der Waals surface area contributed by atoms with Crippen LogP contribution in [-0.4, -0.2) is 16.2 Å². The van der Waals surface area contributed by atoms with Gasteiger partial charge in [0.2, 0.25) is 0 Å². The van der Waals surface area contributed by atoms with Gasteiger partial charge in [-0.25, -0.2) is 9.78 Å². The van der Waals surface area contributed by atoms with Crippen LogP contribution in [0.4, 0.5) is 10.6 Å². The zero-order valence-corrected chi connectivity index (χ0v) is 10.2. The zero-order chi connectivity index (χ0) is 12.8. The first-order chi connectivity index (χ1) is 8.75. The molecule has 0 radical (unpaired) electrons. The van der Waals surface area contributed by atoms with Gasteiger partial charge in [0.1, 0.15) is 4.88 Å². The second-order valence-corrected chi connectivity index (χ2v) is 4.28. The van der Waals surface area contributed by atoms with Gasteiger partial charge in [-0.05, 0) is 5.56 Å². The number of rotatable bonds is 2. The lowest BCUT2D eigenvalue weighted by molar-refractivity contribution is 0.209. The molecule has 0 aliphatic heterocycles. The first-order valence-electron chi connectivity index (χ1n) is 5.22. The average molecular weight is 258 g/mol. The molecule has 0 unspecified atom stereocenters. The predicted molar refractivity (Wildman–Crippen MR) is 70.8 cm³/mol. The Hall–Kier alpha value is -2.32. The molecule has 4 nitrogen and oxygen atoms in total. The van der Waals surface area contributed by atoms with Crippen molar-refractivity contribution in [3.63, 3.8) is 0 Å². The molecule has 5 heteroatoms. The molecule has 1 aromatic heterocycles. The molecule has 0 aliphatic carbocycles. The van der Waals surface area contributed by atoms with Crippen LogP contribution in [0.5, 0.6) is 0 Å².